The van der Waals surface area contributed by atoms with Crippen LogP contribution in [0, 0.1) is 12.8 Å². The Morgan fingerprint density at radius 2 is 1.80 bits per heavy atom. The number of imide groups is 1. The largest absolute Gasteiger partial charge is 0.327 e. The summed E-state index contributed by atoms with van der Waals surface area (Å²) in [6.07, 6.45) is 0.706. The topological polar surface area (TPSA) is 64.7 Å². The van der Waals surface area contributed by atoms with Crippen LogP contribution in [-0.2, 0) is 10.5 Å². The smallest absolute Gasteiger partial charge is 0.311 e. The summed E-state index contributed by atoms with van der Waals surface area (Å²) in [4.78, 5) is 27.9. The molecule has 2 saturated heterocycles. The molecule has 136 valence electrons. The zero-order chi connectivity index (χ0) is 18.1. The van der Waals surface area contributed by atoms with E-state index in [0.717, 1.165) is 12.2 Å². The van der Waals surface area contributed by atoms with Crippen LogP contribution in [0.2, 0.25) is 0 Å². The molecule has 0 bridgehead atoms. The van der Waals surface area contributed by atoms with Gasteiger partial charge in [-0.25, -0.2) is 4.79 Å². The Labute approximate surface area is 153 Å². The van der Waals surface area contributed by atoms with Crippen molar-refractivity contribution < 1.29 is 9.59 Å². The quantitative estimate of drug-likeness (QED) is 0.857. The van der Waals surface area contributed by atoms with Gasteiger partial charge in [-0.2, -0.15) is 0 Å². The molecule has 4 atom stereocenters. The van der Waals surface area contributed by atoms with Gasteiger partial charge in [-0.15, -0.1) is 11.8 Å². The highest BCUT2D eigenvalue weighted by Gasteiger charge is 2.50. The summed E-state index contributed by atoms with van der Waals surface area (Å²) in [6, 6.07) is 8.22. The minimum atomic E-state index is -0.300. The first-order chi connectivity index (χ1) is 11.9. The first kappa shape index (κ1) is 18.2. The SMILES string of the molecule is CCC1NC(SCc2ccc(C)cc2)C2C(=O)N(C)C(=O)N(C)C2N1. The molecule has 0 aliphatic carbocycles. The van der Waals surface area contributed by atoms with Gasteiger partial charge in [0.25, 0.3) is 0 Å². The van der Waals surface area contributed by atoms with Gasteiger partial charge in [-0.1, -0.05) is 36.8 Å². The van der Waals surface area contributed by atoms with E-state index in [0.29, 0.717) is 0 Å². The summed E-state index contributed by atoms with van der Waals surface area (Å²) in [5.74, 6) is 0.404. The van der Waals surface area contributed by atoms with E-state index in [2.05, 4.69) is 48.7 Å². The molecule has 2 heterocycles. The highest BCUT2D eigenvalue weighted by molar-refractivity contribution is 7.99. The molecule has 1 aromatic carbocycles. The van der Waals surface area contributed by atoms with Crippen LogP contribution in [0.15, 0.2) is 24.3 Å². The van der Waals surface area contributed by atoms with Crippen molar-refractivity contribution in [2.24, 2.45) is 5.92 Å². The molecule has 3 rings (SSSR count). The summed E-state index contributed by atoms with van der Waals surface area (Å²) in [6.45, 7) is 4.16. The Morgan fingerprint density at radius 1 is 1.12 bits per heavy atom. The molecule has 0 saturated carbocycles. The lowest BCUT2D eigenvalue weighted by atomic mass is 9.97. The van der Waals surface area contributed by atoms with Crippen LogP contribution < -0.4 is 10.6 Å². The Morgan fingerprint density at radius 3 is 2.44 bits per heavy atom. The lowest BCUT2D eigenvalue weighted by Crippen LogP contribution is -2.74. The fraction of sp³-hybridized carbons (Fsp3) is 0.556. The van der Waals surface area contributed by atoms with Gasteiger partial charge in [0.2, 0.25) is 5.91 Å². The third kappa shape index (κ3) is 3.54. The number of nitrogens with one attached hydrogen (secondary N) is 2. The van der Waals surface area contributed by atoms with Crippen molar-refractivity contribution in [1.82, 2.24) is 20.4 Å². The number of urea groups is 1. The lowest BCUT2D eigenvalue weighted by Gasteiger charge is -2.50. The van der Waals surface area contributed by atoms with Gasteiger partial charge in [0.15, 0.2) is 0 Å². The molecule has 0 radical (unpaired) electrons. The number of carbonyl (C=O) groups is 2. The Hall–Kier alpha value is -1.57. The van der Waals surface area contributed by atoms with Gasteiger partial charge in [-0.05, 0) is 18.9 Å². The minimum Gasteiger partial charge on any atom is -0.311 e. The number of aryl methyl sites for hydroxylation is 1. The lowest BCUT2D eigenvalue weighted by molar-refractivity contribution is -0.140. The molecule has 6 nitrogen and oxygen atoms in total. The third-order valence-electron chi connectivity index (χ3n) is 4.98. The molecular formula is C18H26N4O2S. The van der Waals surface area contributed by atoms with Gasteiger partial charge >= 0.3 is 6.03 Å². The molecule has 0 aromatic heterocycles. The normalized spacial score (nSPS) is 29.8. The maximum atomic E-state index is 12.8. The van der Waals surface area contributed by atoms with Crippen molar-refractivity contribution in [3.8, 4) is 0 Å². The van der Waals surface area contributed by atoms with Gasteiger partial charge in [0, 0.05) is 19.8 Å². The van der Waals surface area contributed by atoms with Crippen LogP contribution >= 0.6 is 11.8 Å². The van der Waals surface area contributed by atoms with E-state index in [1.807, 2.05) is 0 Å². The monoisotopic (exact) mass is 362 g/mol. The number of fused-ring (bicyclic) bond motifs is 1. The fourth-order valence-electron chi connectivity index (χ4n) is 3.37. The van der Waals surface area contributed by atoms with Crippen molar-refractivity contribution in [3.05, 3.63) is 35.4 Å². The van der Waals surface area contributed by atoms with Crippen LogP contribution in [0.5, 0.6) is 0 Å². The van der Waals surface area contributed by atoms with E-state index < -0.39 is 0 Å². The predicted octanol–water partition coefficient (Wildman–Crippen LogP) is 1.95. The van der Waals surface area contributed by atoms with Crippen LogP contribution in [0.3, 0.4) is 0 Å². The number of nitrogens with zero attached hydrogens (tertiary/aromatic N) is 2. The van der Waals surface area contributed by atoms with Crippen molar-refractivity contribution in [2.75, 3.05) is 14.1 Å². The zero-order valence-electron chi connectivity index (χ0n) is 15.2. The number of amides is 3. The summed E-state index contributed by atoms with van der Waals surface area (Å²) in [7, 11) is 3.32. The summed E-state index contributed by atoms with van der Waals surface area (Å²) < 4.78 is 0. The second-order valence-electron chi connectivity index (χ2n) is 6.77. The molecule has 7 heteroatoms. The minimum absolute atomic E-state index is 0.0389. The highest BCUT2D eigenvalue weighted by Crippen LogP contribution is 2.33. The number of benzene rings is 1. The molecule has 2 N–H and O–H groups in total. The second kappa shape index (κ2) is 7.35. The number of rotatable bonds is 4. The van der Waals surface area contributed by atoms with Crippen molar-refractivity contribution in [3.63, 3.8) is 0 Å². The molecular weight excluding hydrogens is 336 g/mol. The Bertz CT molecular complexity index is 651. The maximum absolute atomic E-state index is 12.8. The Balaban J connectivity index is 1.79. The van der Waals surface area contributed by atoms with Gasteiger partial charge < -0.3 is 4.90 Å². The number of hydrogen-bond acceptors (Lipinski definition) is 5. The predicted molar refractivity (Wildman–Crippen MR) is 99.8 cm³/mol. The average Bonchev–Trinajstić information content (AvgIpc) is 2.63. The molecule has 4 unspecified atom stereocenters. The molecule has 2 aliphatic heterocycles. The summed E-state index contributed by atoms with van der Waals surface area (Å²) in [5, 5.41) is 6.90. The fourth-order valence-corrected chi connectivity index (χ4v) is 4.67. The third-order valence-corrected chi connectivity index (χ3v) is 6.27. The van der Waals surface area contributed by atoms with Crippen LogP contribution in [0.25, 0.3) is 0 Å². The number of thioether (sulfide) groups is 1. The number of carbonyl (C=O) groups excluding carboxylic acids is 2. The van der Waals surface area contributed by atoms with Gasteiger partial charge in [0.1, 0.15) is 0 Å². The highest BCUT2D eigenvalue weighted by atomic mass is 32.2. The first-order valence-electron chi connectivity index (χ1n) is 8.66. The van der Waals surface area contributed by atoms with Crippen LogP contribution in [-0.4, -0.2) is 53.5 Å². The van der Waals surface area contributed by atoms with E-state index >= 15 is 0 Å². The van der Waals surface area contributed by atoms with Crippen LogP contribution in [0.4, 0.5) is 4.79 Å². The molecule has 0 spiro atoms. The van der Waals surface area contributed by atoms with Gasteiger partial charge in [-0.3, -0.25) is 20.3 Å². The number of hydrogen-bond donors (Lipinski definition) is 2. The van der Waals surface area contributed by atoms with E-state index in [4.69, 9.17) is 0 Å². The molecule has 1 aromatic rings. The Kier molecular flexibility index (Phi) is 5.36. The maximum Gasteiger partial charge on any atom is 0.327 e. The molecule has 2 fully saturated rings. The molecule has 25 heavy (non-hydrogen) atoms. The van der Waals surface area contributed by atoms with E-state index in [1.165, 1.54) is 16.0 Å². The van der Waals surface area contributed by atoms with E-state index in [-0.39, 0.29) is 35.6 Å². The van der Waals surface area contributed by atoms with Crippen LogP contribution in [0.1, 0.15) is 24.5 Å². The van der Waals surface area contributed by atoms with Crippen molar-refractivity contribution >= 4 is 23.7 Å². The second-order valence-corrected chi connectivity index (χ2v) is 7.90. The molecule has 2 aliphatic rings. The first-order valence-corrected chi connectivity index (χ1v) is 9.71. The molecule has 3 amide bonds. The average molecular weight is 362 g/mol. The van der Waals surface area contributed by atoms with Crippen molar-refractivity contribution in [2.45, 2.75) is 43.7 Å². The zero-order valence-corrected chi connectivity index (χ0v) is 16.0. The van der Waals surface area contributed by atoms with Gasteiger partial charge in [0.05, 0.1) is 23.6 Å². The summed E-state index contributed by atoms with van der Waals surface area (Å²) >= 11 is 1.73. The van der Waals surface area contributed by atoms with E-state index in [9.17, 15) is 9.59 Å². The van der Waals surface area contributed by atoms with Crippen molar-refractivity contribution in [1.29, 1.82) is 0 Å². The van der Waals surface area contributed by atoms with E-state index in [1.54, 1.807) is 30.8 Å². The standard InChI is InChI=1S/C18H26N4O2S/c1-5-13-19-15-14(17(23)22(4)18(24)21(15)3)16(20-13)25-10-12-8-6-11(2)7-9-12/h6-9,13-16,19-20H,5,10H2,1-4H3. The summed E-state index contributed by atoms with van der Waals surface area (Å²) in [5.41, 5.74) is 2.48.